The van der Waals surface area contributed by atoms with Gasteiger partial charge in [0.1, 0.15) is 12.2 Å². The Hall–Kier alpha value is -0.900. The Morgan fingerprint density at radius 2 is 1.94 bits per heavy atom. The minimum Gasteiger partial charge on any atom is -0.315 e. The van der Waals surface area contributed by atoms with Crippen molar-refractivity contribution >= 4 is 0 Å². The van der Waals surface area contributed by atoms with Crippen LogP contribution < -0.4 is 5.32 Å². The van der Waals surface area contributed by atoms with Gasteiger partial charge in [-0.25, -0.2) is 9.67 Å². The van der Waals surface area contributed by atoms with Crippen molar-refractivity contribution < 1.29 is 0 Å². The first-order valence-electron chi connectivity index (χ1n) is 6.62. The Kier molecular flexibility index (Phi) is 5.62. The fourth-order valence-electron chi connectivity index (χ4n) is 1.88. The van der Waals surface area contributed by atoms with Crippen LogP contribution >= 0.6 is 0 Å². The van der Waals surface area contributed by atoms with E-state index in [-0.39, 0.29) is 0 Å². The third-order valence-corrected chi connectivity index (χ3v) is 2.86. The quantitative estimate of drug-likeness (QED) is 0.793. The maximum absolute atomic E-state index is 4.35. The molecule has 0 bridgehead atoms. The number of nitrogens with one attached hydrogen (secondary N) is 1. The normalized spacial score (nSPS) is 13.6. The lowest BCUT2D eigenvalue weighted by Gasteiger charge is -2.15. The Balaban J connectivity index is 2.39. The number of nitrogens with zero attached hydrogens (tertiary/aromatic N) is 3. The number of hydrogen-bond acceptors (Lipinski definition) is 3. The van der Waals surface area contributed by atoms with Gasteiger partial charge < -0.3 is 5.32 Å². The van der Waals surface area contributed by atoms with Crippen molar-refractivity contribution in [2.75, 3.05) is 6.54 Å². The summed E-state index contributed by atoms with van der Waals surface area (Å²) in [5.74, 6) is 1.75. The summed E-state index contributed by atoms with van der Waals surface area (Å²) in [6.45, 7) is 12.0. The van der Waals surface area contributed by atoms with Gasteiger partial charge in [0.05, 0.1) is 0 Å². The first-order chi connectivity index (χ1) is 8.00. The van der Waals surface area contributed by atoms with Gasteiger partial charge in [0.25, 0.3) is 0 Å². The van der Waals surface area contributed by atoms with Crippen molar-refractivity contribution in [3.8, 4) is 0 Å². The molecule has 0 saturated heterocycles. The second kappa shape index (κ2) is 6.74. The van der Waals surface area contributed by atoms with Gasteiger partial charge >= 0.3 is 0 Å². The van der Waals surface area contributed by atoms with Crippen LogP contribution in [0.5, 0.6) is 0 Å². The number of hydrogen-bond donors (Lipinski definition) is 1. The molecule has 4 nitrogen and oxygen atoms in total. The minimum atomic E-state index is 0.397. The van der Waals surface area contributed by atoms with Crippen molar-refractivity contribution in [3.63, 3.8) is 0 Å². The molecule has 0 aliphatic rings. The second-order valence-electron chi connectivity index (χ2n) is 5.42. The van der Waals surface area contributed by atoms with E-state index >= 15 is 0 Å². The molecular weight excluding hydrogens is 212 g/mol. The van der Waals surface area contributed by atoms with Crippen molar-refractivity contribution in [2.45, 2.75) is 59.5 Å². The van der Waals surface area contributed by atoms with Gasteiger partial charge in [0.2, 0.25) is 0 Å². The van der Waals surface area contributed by atoms with Crippen LogP contribution in [0.1, 0.15) is 52.9 Å². The molecule has 0 aliphatic heterocycles. The third kappa shape index (κ3) is 4.86. The molecule has 0 spiro atoms. The predicted octanol–water partition coefficient (Wildman–Crippen LogP) is 2.43. The van der Waals surface area contributed by atoms with Crippen LogP contribution in [0.3, 0.4) is 0 Å². The molecule has 0 amide bonds. The van der Waals surface area contributed by atoms with Crippen LogP contribution in [0.15, 0.2) is 6.33 Å². The van der Waals surface area contributed by atoms with E-state index < -0.39 is 0 Å². The van der Waals surface area contributed by atoms with Gasteiger partial charge in [-0.1, -0.05) is 20.8 Å². The number of aromatic nitrogens is 3. The first-order valence-corrected chi connectivity index (χ1v) is 6.62. The summed E-state index contributed by atoms with van der Waals surface area (Å²) in [4.78, 5) is 4.35. The SMILES string of the molecule is CC(CCNC(C)C)Cc1ncnn1C(C)C. The second-order valence-corrected chi connectivity index (χ2v) is 5.42. The highest BCUT2D eigenvalue weighted by atomic mass is 15.3. The molecule has 1 N–H and O–H groups in total. The van der Waals surface area contributed by atoms with Crippen molar-refractivity contribution in [1.29, 1.82) is 0 Å². The topological polar surface area (TPSA) is 42.7 Å². The van der Waals surface area contributed by atoms with Gasteiger partial charge in [-0.15, -0.1) is 0 Å². The fraction of sp³-hybridized carbons (Fsp3) is 0.846. The van der Waals surface area contributed by atoms with Gasteiger partial charge in [0.15, 0.2) is 0 Å². The Labute approximate surface area is 105 Å². The maximum Gasteiger partial charge on any atom is 0.138 e. The molecule has 98 valence electrons. The fourth-order valence-corrected chi connectivity index (χ4v) is 1.88. The summed E-state index contributed by atoms with van der Waals surface area (Å²) in [6, 6.07) is 0.968. The van der Waals surface area contributed by atoms with E-state index in [0.29, 0.717) is 18.0 Å². The predicted molar refractivity (Wildman–Crippen MR) is 71.0 cm³/mol. The summed E-state index contributed by atoms with van der Waals surface area (Å²) in [7, 11) is 0. The van der Waals surface area contributed by atoms with E-state index in [1.165, 1.54) is 6.42 Å². The average molecular weight is 238 g/mol. The summed E-state index contributed by atoms with van der Waals surface area (Å²) >= 11 is 0. The average Bonchev–Trinajstić information content (AvgIpc) is 2.65. The molecule has 1 rings (SSSR count). The Morgan fingerprint density at radius 1 is 1.24 bits per heavy atom. The molecule has 1 heterocycles. The van der Waals surface area contributed by atoms with Crippen LogP contribution in [0.25, 0.3) is 0 Å². The molecule has 1 aromatic heterocycles. The number of rotatable bonds is 7. The van der Waals surface area contributed by atoms with E-state index in [9.17, 15) is 0 Å². The molecule has 0 fully saturated rings. The van der Waals surface area contributed by atoms with E-state index in [0.717, 1.165) is 18.8 Å². The molecule has 17 heavy (non-hydrogen) atoms. The zero-order valence-electron chi connectivity index (χ0n) is 11.8. The van der Waals surface area contributed by atoms with Crippen LogP contribution in [0, 0.1) is 5.92 Å². The van der Waals surface area contributed by atoms with Gasteiger partial charge in [-0.3, -0.25) is 0 Å². The first kappa shape index (κ1) is 14.2. The van der Waals surface area contributed by atoms with Crippen molar-refractivity contribution in [2.24, 2.45) is 5.92 Å². The Bertz CT molecular complexity index is 317. The molecule has 0 saturated carbocycles. The summed E-state index contributed by atoms with van der Waals surface area (Å²) in [5, 5.41) is 7.72. The molecule has 0 radical (unpaired) electrons. The highest BCUT2D eigenvalue weighted by molar-refractivity contribution is 4.88. The molecule has 0 aliphatic carbocycles. The van der Waals surface area contributed by atoms with Crippen LogP contribution in [-0.4, -0.2) is 27.4 Å². The molecule has 1 atom stereocenters. The van der Waals surface area contributed by atoms with Crippen LogP contribution in [0.4, 0.5) is 0 Å². The van der Waals surface area contributed by atoms with Gasteiger partial charge in [-0.05, 0) is 32.7 Å². The van der Waals surface area contributed by atoms with Crippen LogP contribution in [0.2, 0.25) is 0 Å². The van der Waals surface area contributed by atoms with E-state index in [4.69, 9.17) is 0 Å². The van der Waals surface area contributed by atoms with Crippen LogP contribution in [-0.2, 0) is 6.42 Å². The molecular formula is C13H26N4. The highest BCUT2D eigenvalue weighted by Gasteiger charge is 2.11. The van der Waals surface area contributed by atoms with E-state index in [2.05, 4.69) is 50.0 Å². The smallest absolute Gasteiger partial charge is 0.138 e. The monoisotopic (exact) mass is 238 g/mol. The standard InChI is InChI=1S/C13H26N4/c1-10(2)14-7-6-12(5)8-13-15-9-16-17(13)11(3)4/h9-12,14H,6-8H2,1-5H3. The van der Waals surface area contributed by atoms with Gasteiger partial charge in [-0.2, -0.15) is 5.10 Å². The summed E-state index contributed by atoms with van der Waals surface area (Å²) < 4.78 is 2.02. The highest BCUT2D eigenvalue weighted by Crippen LogP contribution is 2.12. The van der Waals surface area contributed by atoms with Crippen molar-refractivity contribution in [1.82, 2.24) is 20.1 Å². The van der Waals surface area contributed by atoms with Crippen molar-refractivity contribution in [3.05, 3.63) is 12.2 Å². The molecule has 0 aromatic carbocycles. The largest absolute Gasteiger partial charge is 0.315 e. The molecule has 1 unspecified atom stereocenters. The zero-order valence-corrected chi connectivity index (χ0v) is 11.8. The summed E-state index contributed by atoms with van der Waals surface area (Å²) in [6.07, 6.45) is 3.86. The lowest BCUT2D eigenvalue weighted by molar-refractivity contribution is 0.439. The lowest BCUT2D eigenvalue weighted by atomic mass is 10.0. The third-order valence-electron chi connectivity index (χ3n) is 2.86. The minimum absolute atomic E-state index is 0.397. The molecule has 4 heteroatoms. The van der Waals surface area contributed by atoms with E-state index in [1.807, 2.05) is 4.68 Å². The molecule has 1 aromatic rings. The zero-order chi connectivity index (χ0) is 12.8. The summed E-state index contributed by atoms with van der Waals surface area (Å²) in [5.41, 5.74) is 0. The van der Waals surface area contributed by atoms with Gasteiger partial charge in [0, 0.05) is 18.5 Å². The van der Waals surface area contributed by atoms with E-state index in [1.54, 1.807) is 6.33 Å². The maximum atomic E-state index is 4.35. The lowest BCUT2D eigenvalue weighted by Crippen LogP contribution is -2.25. The Morgan fingerprint density at radius 3 is 2.53 bits per heavy atom.